The summed E-state index contributed by atoms with van der Waals surface area (Å²) in [5, 5.41) is 14.9. The van der Waals surface area contributed by atoms with Gasteiger partial charge in [0.05, 0.1) is 16.2 Å². The number of para-hydroxylation sites is 1. The maximum atomic E-state index is 12.2. The van der Waals surface area contributed by atoms with Crippen LogP contribution in [0.3, 0.4) is 0 Å². The van der Waals surface area contributed by atoms with E-state index in [1.165, 1.54) is 18.1 Å². The van der Waals surface area contributed by atoms with E-state index in [1.807, 2.05) is 14.1 Å². The first-order valence-electron chi connectivity index (χ1n) is 11.9. The number of carbonyl (C=O) groups is 1. The van der Waals surface area contributed by atoms with Gasteiger partial charge < -0.3 is 16.0 Å². The van der Waals surface area contributed by atoms with Crippen LogP contribution in [-0.2, 0) is 17.6 Å². The Morgan fingerprint density at radius 2 is 1.85 bits per heavy atom. The molecule has 2 aliphatic rings. The molecule has 0 bridgehead atoms. The number of anilines is 2. The predicted molar refractivity (Wildman–Crippen MR) is 133 cm³/mol. The summed E-state index contributed by atoms with van der Waals surface area (Å²) < 4.78 is 0. The van der Waals surface area contributed by atoms with Gasteiger partial charge in [-0.1, -0.05) is 12.1 Å². The lowest BCUT2D eigenvalue weighted by Crippen LogP contribution is -2.31. The first kappa shape index (κ1) is 23.7. The van der Waals surface area contributed by atoms with Crippen molar-refractivity contribution >= 4 is 29.4 Å². The molecular weight excluding hydrogens is 432 g/mol. The summed E-state index contributed by atoms with van der Waals surface area (Å²) >= 11 is 0. The summed E-state index contributed by atoms with van der Waals surface area (Å²) in [6.07, 6.45) is 9.13. The molecule has 0 saturated heterocycles. The van der Waals surface area contributed by atoms with Gasteiger partial charge in [-0.2, -0.15) is 4.98 Å². The van der Waals surface area contributed by atoms with Gasteiger partial charge >= 0.3 is 0 Å². The number of amides is 1. The molecule has 0 spiro atoms. The number of aromatic nitrogens is 2. The third kappa shape index (κ3) is 5.18. The monoisotopic (exact) mass is 464 g/mol. The van der Waals surface area contributed by atoms with Gasteiger partial charge in [0.1, 0.15) is 5.82 Å². The average Bonchev–Trinajstić information content (AvgIpc) is 2.82. The Bertz CT molecular complexity index is 1110. The number of nitrogens with one attached hydrogen (secondary N) is 1. The Labute approximate surface area is 199 Å². The third-order valence-corrected chi connectivity index (χ3v) is 6.81. The SMILES string of the molecule is CN(C)c1nc(N[C@H]2CC[C@@H](C(=Cc3ccccc3[N+](=O)[O-])C(N)=O)CC2)nc2c1CCCC2. The average molecular weight is 465 g/mol. The molecule has 1 saturated carbocycles. The van der Waals surface area contributed by atoms with Gasteiger partial charge in [-0.25, -0.2) is 4.98 Å². The lowest BCUT2D eigenvalue weighted by Gasteiger charge is -2.30. The molecule has 180 valence electrons. The predicted octanol–water partition coefficient (Wildman–Crippen LogP) is 3.87. The number of hydrogen-bond donors (Lipinski definition) is 2. The highest BCUT2D eigenvalue weighted by Crippen LogP contribution is 2.34. The molecule has 9 heteroatoms. The summed E-state index contributed by atoms with van der Waals surface area (Å²) in [5.41, 5.74) is 8.92. The van der Waals surface area contributed by atoms with E-state index in [0.717, 1.165) is 56.5 Å². The second-order valence-corrected chi connectivity index (χ2v) is 9.37. The number of fused-ring (bicyclic) bond motifs is 1. The van der Waals surface area contributed by atoms with Crippen LogP contribution in [0.15, 0.2) is 29.8 Å². The van der Waals surface area contributed by atoms with Crippen LogP contribution in [0.2, 0.25) is 0 Å². The minimum absolute atomic E-state index is 0.0298. The quantitative estimate of drug-likeness (QED) is 0.362. The van der Waals surface area contributed by atoms with E-state index in [9.17, 15) is 14.9 Å². The number of nitrogens with two attached hydrogens (primary N) is 1. The fourth-order valence-corrected chi connectivity index (χ4v) is 5.07. The van der Waals surface area contributed by atoms with Crippen LogP contribution in [0, 0.1) is 16.0 Å². The molecule has 0 unspecified atom stereocenters. The number of aryl methyl sites for hydroxylation is 1. The molecule has 0 atom stereocenters. The summed E-state index contributed by atoms with van der Waals surface area (Å²) in [6, 6.07) is 6.61. The topological polar surface area (TPSA) is 127 Å². The first-order chi connectivity index (χ1) is 16.3. The maximum absolute atomic E-state index is 12.2. The molecule has 2 aromatic rings. The molecule has 1 heterocycles. The van der Waals surface area contributed by atoms with Crippen molar-refractivity contribution < 1.29 is 9.72 Å². The van der Waals surface area contributed by atoms with Crippen LogP contribution < -0.4 is 16.0 Å². The molecule has 4 rings (SSSR count). The van der Waals surface area contributed by atoms with Crippen molar-refractivity contribution in [1.82, 2.24) is 9.97 Å². The largest absolute Gasteiger partial charge is 0.366 e. The number of carbonyl (C=O) groups excluding carboxylic acids is 1. The van der Waals surface area contributed by atoms with Crippen molar-refractivity contribution in [1.29, 1.82) is 0 Å². The van der Waals surface area contributed by atoms with Crippen molar-refractivity contribution in [2.24, 2.45) is 11.7 Å². The minimum atomic E-state index is -0.525. The van der Waals surface area contributed by atoms with Gasteiger partial charge in [0.2, 0.25) is 11.9 Å². The Kier molecular flexibility index (Phi) is 7.09. The van der Waals surface area contributed by atoms with Crippen LogP contribution in [-0.4, -0.2) is 40.9 Å². The van der Waals surface area contributed by atoms with Crippen LogP contribution in [0.4, 0.5) is 17.5 Å². The maximum Gasteiger partial charge on any atom is 0.276 e. The highest BCUT2D eigenvalue weighted by atomic mass is 16.6. The molecule has 1 aromatic heterocycles. The van der Waals surface area contributed by atoms with Gasteiger partial charge in [0.25, 0.3) is 5.69 Å². The highest BCUT2D eigenvalue weighted by Gasteiger charge is 2.28. The van der Waals surface area contributed by atoms with Gasteiger partial charge in [-0.05, 0) is 69.4 Å². The standard InChI is InChI=1S/C25H32N6O3/c1-30(2)24-19-8-4-5-9-21(19)28-25(29-24)27-18-13-11-16(12-14-18)20(23(26)32)15-17-7-3-6-10-22(17)31(33)34/h3,6-7,10,15-16,18H,4-5,8-9,11-14H2,1-2H3,(H2,26,32)(H,27,28,29)/t16-,18+. The summed E-state index contributed by atoms with van der Waals surface area (Å²) in [4.78, 5) is 34.8. The lowest BCUT2D eigenvalue weighted by atomic mass is 9.80. The summed E-state index contributed by atoms with van der Waals surface area (Å²) in [5.74, 6) is 1.10. The first-order valence-corrected chi connectivity index (χ1v) is 11.9. The van der Waals surface area contributed by atoms with Crippen LogP contribution in [0.25, 0.3) is 6.08 Å². The van der Waals surface area contributed by atoms with Crippen molar-refractivity contribution in [2.75, 3.05) is 24.3 Å². The molecule has 34 heavy (non-hydrogen) atoms. The van der Waals surface area contributed by atoms with Crippen LogP contribution in [0.1, 0.15) is 55.3 Å². The number of rotatable bonds is 7. The Morgan fingerprint density at radius 3 is 2.53 bits per heavy atom. The molecule has 0 aliphatic heterocycles. The number of primary amides is 1. The molecule has 0 radical (unpaired) electrons. The normalized spacial score (nSPS) is 20.4. The Balaban J connectivity index is 1.47. The number of nitro groups is 1. The molecule has 3 N–H and O–H groups in total. The summed E-state index contributed by atoms with van der Waals surface area (Å²) in [7, 11) is 4.03. The fraction of sp³-hybridized carbons (Fsp3) is 0.480. The zero-order valence-electron chi connectivity index (χ0n) is 19.8. The second-order valence-electron chi connectivity index (χ2n) is 9.37. The van der Waals surface area contributed by atoms with Gasteiger partial charge in [-0.3, -0.25) is 14.9 Å². The molecule has 1 fully saturated rings. The van der Waals surface area contributed by atoms with Gasteiger partial charge in [0.15, 0.2) is 0 Å². The third-order valence-electron chi connectivity index (χ3n) is 6.81. The lowest BCUT2D eigenvalue weighted by molar-refractivity contribution is -0.385. The number of nitro benzene ring substituents is 1. The molecule has 1 amide bonds. The van der Waals surface area contributed by atoms with Gasteiger partial charge in [0, 0.05) is 37.3 Å². The smallest absolute Gasteiger partial charge is 0.276 e. The van der Waals surface area contributed by atoms with Crippen LogP contribution in [0.5, 0.6) is 0 Å². The van der Waals surface area contributed by atoms with E-state index >= 15 is 0 Å². The van der Waals surface area contributed by atoms with Crippen LogP contribution >= 0.6 is 0 Å². The Hall–Kier alpha value is -3.49. The minimum Gasteiger partial charge on any atom is -0.366 e. The molecule has 2 aliphatic carbocycles. The number of nitrogens with zero attached hydrogens (tertiary/aromatic N) is 4. The number of benzene rings is 1. The van der Waals surface area contributed by atoms with E-state index in [2.05, 4.69) is 10.2 Å². The zero-order chi connectivity index (χ0) is 24.2. The van der Waals surface area contributed by atoms with Crippen molar-refractivity contribution in [3.05, 3.63) is 56.8 Å². The van der Waals surface area contributed by atoms with E-state index < -0.39 is 10.8 Å². The molecular formula is C25H32N6O3. The molecule has 9 nitrogen and oxygen atoms in total. The summed E-state index contributed by atoms with van der Waals surface area (Å²) in [6.45, 7) is 0. The van der Waals surface area contributed by atoms with Crippen molar-refractivity contribution in [3.8, 4) is 0 Å². The highest BCUT2D eigenvalue weighted by molar-refractivity contribution is 5.97. The van der Waals surface area contributed by atoms with E-state index in [4.69, 9.17) is 15.7 Å². The van der Waals surface area contributed by atoms with Crippen molar-refractivity contribution in [2.45, 2.75) is 57.4 Å². The van der Waals surface area contributed by atoms with Crippen molar-refractivity contribution in [3.63, 3.8) is 0 Å². The Morgan fingerprint density at radius 1 is 1.15 bits per heavy atom. The molecule has 1 aromatic carbocycles. The zero-order valence-corrected chi connectivity index (χ0v) is 19.8. The van der Waals surface area contributed by atoms with E-state index in [-0.39, 0.29) is 17.6 Å². The fourth-order valence-electron chi connectivity index (χ4n) is 5.07. The number of hydrogen-bond acceptors (Lipinski definition) is 7. The van der Waals surface area contributed by atoms with Gasteiger partial charge in [-0.15, -0.1) is 0 Å². The second kappa shape index (κ2) is 10.2. The van der Waals surface area contributed by atoms with E-state index in [1.54, 1.807) is 24.3 Å². The van der Waals surface area contributed by atoms with E-state index in [0.29, 0.717) is 17.1 Å².